The zero-order valence-corrected chi connectivity index (χ0v) is 20.0. The van der Waals surface area contributed by atoms with E-state index < -0.39 is 0 Å². The fraction of sp³-hybridized carbons (Fsp3) is 0.296. The summed E-state index contributed by atoms with van der Waals surface area (Å²) in [6.45, 7) is 5.41. The molecule has 1 fully saturated rings. The maximum Gasteiger partial charge on any atom is 0.258 e. The van der Waals surface area contributed by atoms with Crippen molar-refractivity contribution in [2.75, 3.05) is 18.0 Å². The highest BCUT2D eigenvalue weighted by Gasteiger charge is 2.22. The summed E-state index contributed by atoms with van der Waals surface area (Å²) >= 11 is 6.67. The van der Waals surface area contributed by atoms with Crippen molar-refractivity contribution in [2.45, 2.75) is 33.1 Å². The Morgan fingerprint density at radius 3 is 2.62 bits per heavy atom. The molecule has 0 bridgehead atoms. The summed E-state index contributed by atoms with van der Waals surface area (Å²) < 4.78 is 15.7. The third kappa shape index (κ3) is 4.30. The molecule has 0 amide bonds. The first-order valence-corrected chi connectivity index (χ1v) is 11.9. The van der Waals surface area contributed by atoms with Crippen molar-refractivity contribution in [2.24, 2.45) is 5.92 Å². The number of hydrogen-bond acceptors (Lipinski definition) is 4. The zero-order valence-electron chi connectivity index (χ0n) is 19.3. The van der Waals surface area contributed by atoms with E-state index in [1.165, 1.54) is 6.07 Å². The van der Waals surface area contributed by atoms with Crippen LogP contribution in [0, 0.1) is 25.6 Å². The van der Waals surface area contributed by atoms with Gasteiger partial charge in [0.2, 0.25) is 0 Å². The standard InChI is InChI=1S/C27H26ClFN4O/c1-17-14-26(34)33(18(2)31-17)21-6-8-25(23(28)16-21)32-12-9-19(10-13-32)15-20-5-7-24(29)22-4-3-11-30-27(20)22/h3-8,11,14,16,19H,9-10,12-13,15H2,1-2H3. The first-order valence-electron chi connectivity index (χ1n) is 11.5. The number of piperidine rings is 1. The van der Waals surface area contributed by atoms with Crippen LogP contribution in [0.25, 0.3) is 16.6 Å². The van der Waals surface area contributed by atoms with E-state index in [-0.39, 0.29) is 11.4 Å². The number of aromatic nitrogens is 3. The van der Waals surface area contributed by atoms with Crippen LogP contribution < -0.4 is 10.5 Å². The Kier molecular flexibility index (Phi) is 6.09. The Morgan fingerprint density at radius 1 is 1.09 bits per heavy atom. The maximum atomic E-state index is 14.1. The summed E-state index contributed by atoms with van der Waals surface area (Å²) in [6, 6.07) is 14.3. The lowest BCUT2D eigenvalue weighted by Crippen LogP contribution is -2.34. The molecule has 2 aromatic carbocycles. The Hall–Kier alpha value is -3.25. The minimum absolute atomic E-state index is 0.113. The van der Waals surface area contributed by atoms with Crippen LogP contribution in [-0.4, -0.2) is 27.6 Å². The van der Waals surface area contributed by atoms with Crippen molar-refractivity contribution in [1.29, 1.82) is 0 Å². The highest BCUT2D eigenvalue weighted by atomic mass is 35.5. The van der Waals surface area contributed by atoms with Crippen LogP contribution >= 0.6 is 11.6 Å². The van der Waals surface area contributed by atoms with Crippen LogP contribution in [0.5, 0.6) is 0 Å². The zero-order chi connectivity index (χ0) is 23.8. The van der Waals surface area contributed by atoms with Crippen LogP contribution in [-0.2, 0) is 6.42 Å². The molecule has 174 valence electrons. The van der Waals surface area contributed by atoms with E-state index >= 15 is 0 Å². The average molecular weight is 477 g/mol. The van der Waals surface area contributed by atoms with Crippen molar-refractivity contribution in [1.82, 2.24) is 14.5 Å². The lowest BCUT2D eigenvalue weighted by molar-refractivity contribution is 0.404. The molecule has 1 aliphatic rings. The van der Waals surface area contributed by atoms with Gasteiger partial charge in [-0.1, -0.05) is 17.7 Å². The second-order valence-electron chi connectivity index (χ2n) is 8.99. The van der Waals surface area contributed by atoms with Gasteiger partial charge in [0, 0.05) is 36.4 Å². The van der Waals surface area contributed by atoms with Gasteiger partial charge >= 0.3 is 0 Å². The quantitative estimate of drug-likeness (QED) is 0.382. The molecule has 5 rings (SSSR count). The lowest BCUT2D eigenvalue weighted by atomic mass is 9.89. The van der Waals surface area contributed by atoms with Crippen LogP contribution in [0.15, 0.2) is 59.5 Å². The molecule has 34 heavy (non-hydrogen) atoms. The molecular formula is C27H26ClFN4O. The van der Waals surface area contributed by atoms with Crippen LogP contribution in [0.4, 0.5) is 10.1 Å². The Morgan fingerprint density at radius 2 is 1.88 bits per heavy atom. The number of benzene rings is 2. The van der Waals surface area contributed by atoms with E-state index in [1.807, 2.05) is 38.1 Å². The van der Waals surface area contributed by atoms with Crippen LogP contribution in [0.1, 0.15) is 29.9 Å². The first kappa shape index (κ1) is 22.5. The van der Waals surface area contributed by atoms with Gasteiger partial charge in [0.25, 0.3) is 5.56 Å². The highest BCUT2D eigenvalue weighted by Crippen LogP contribution is 2.33. The van der Waals surface area contributed by atoms with Crippen molar-refractivity contribution in [3.05, 3.63) is 93.0 Å². The van der Waals surface area contributed by atoms with Gasteiger partial charge in [-0.2, -0.15) is 0 Å². The number of anilines is 1. The monoisotopic (exact) mass is 476 g/mol. The molecule has 3 heterocycles. The van der Waals surface area contributed by atoms with Gasteiger partial charge in [-0.3, -0.25) is 14.3 Å². The first-order chi connectivity index (χ1) is 16.4. The van der Waals surface area contributed by atoms with Crippen LogP contribution in [0.2, 0.25) is 5.02 Å². The summed E-state index contributed by atoms with van der Waals surface area (Å²) in [4.78, 5) is 23.6. The fourth-order valence-corrected chi connectivity index (χ4v) is 5.29. The smallest absolute Gasteiger partial charge is 0.258 e. The van der Waals surface area contributed by atoms with Crippen molar-refractivity contribution in [3.63, 3.8) is 0 Å². The van der Waals surface area contributed by atoms with Gasteiger partial charge in [0.1, 0.15) is 11.6 Å². The SMILES string of the molecule is Cc1cc(=O)n(-c2ccc(N3CCC(Cc4ccc(F)c5cccnc45)CC3)c(Cl)c2)c(C)n1. The minimum atomic E-state index is -0.223. The molecule has 0 unspecified atom stereocenters. The topological polar surface area (TPSA) is 51.0 Å². The van der Waals surface area contributed by atoms with Gasteiger partial charge in [-0.15, -0.1) is 0 Å². The number of halogens is 2. The number of rotatable bonds is 4. The molecule has 0 aliphatic carbocycles. The molecule has 1 aliphatic heterocycles. The van der Waals surface area contributed by atoms with Gasteiger partial charge in [0.05, 0.1) is 21.9 Å². The summed E-state index contributed by atoms with van der Waals surface area (Å²) in [5.74, 6) is 0.917. The fourth-order valence-electron chi connectivity index (χ4n) is 5.00. The Balaban J connectivity index is 1.30. The van der Waals surface area contributed by atoms with E-state index in [4.69, 9.17) is 11.6 Å². The van der Waals surface area contributed by atoms with E-state index in [0.29, 0.717) is 33.5 Å². The molecule has 5 nitrogen and oxygen atoms in total. The third-order valence-electron chi connectivity index (χ3n) is 6.67. The number of pyridine rings is 1. The molecule has 0 N–H and O–H groups in total. The van der Waals surface area contributed by atoms with Crippen molar-refractivity contribution in [3.8, 4) is 5.69 Å². The van der Waals surface area contributed by atoms with E-state index in [1.54, 1.807) is 29.0 Å². The summed E-state index contributed by atoms with van der Waals surface area (Å²) in [6.07, 6.45) is 4.65. The summed E-state index contributed by atoms with van der Waals surface area (Å²) in [7, 11) is 0. The normalized spacial score (nSPS) is 14.6. The van der Waals surface area contributed by atoms with E-state index in [9.17, 15) is 9.18 Å². The van der Waals surface area contributed by atoms with E-state index in [0.717, 1.165) is 49.1 Å². The van der Waals surface area contributed by atoms with Crippen LogP contribution in [0.3, 0.4) is 0 Å². The second-order valence-corrected chi connectivity index (χ2v) is 9.40. The van der Waals surface area contributed by atoms with Gasteiger partial charge in [-0.25, -0.2) is 9.37 Å². The highest BCUT2D eigenvalue weighted by molar-refractivity contribution is 6.33. The largest absolute Gasteiger partial charge is 0.370 e. The molecule has 7 heteroatoms. The Bertz CT molecular complexity index is 1430. The number of fused-ring (bicyclic) bond motifs is 1. The summed E-state index contributed by atoms with van der Waals surface area (Å²) in [5.41, 5.74) is 4.15. The Labute approximate surface area is 202 Å². The molecule has 2 aromatic heterocycles. The minimum Gasteiger partial charge on any atom is -0.370 e. The lowest BCUT2D eigenvalue weighted by Gasteiger charge is -2.34. The second kappa shape index (κ2) is 9.18. The average Bonchev–Trinajstić information content (AvgIpc) is 2.81. The number of aryl methyl sites for hydroxylation is 2. The van der Waals surface area contributed by atoms with Gasteiger partial charge in [-0.05, 0) is 81.0 Å². The molecule has 4 aromatic rings. The van der Waals surface area contributed by atoms with Gasteiger partial charge < -0.3 is 4.90 Å². The molecular weight excluding hydrogens is 451 g/mol. The number of nitrogens with zero attached hydrogens (tertiary/aromatic N) is 4. The molecule has 0 radical (unpaired) electrons. The maximum absolute atomic E-state index is 14.1. The van der Waals surface area contributed by atoms with E-state index in [2.05, 4.69) is 14.9 Å². The molecule has 0 spiro atoms. The third-order valence-corrected chi connectivity index (χ3v) is 6.97. The van der Waals surface area contributed by atoms with Gasteiger partial charge in [0.15, 0.2) is 0 Å². The predicted octanol–water partition coefficient (Wildman–Crippen LogP) is 5.65. The molecule has 1 saturated heterocycles. The van der Waals surface area contributed by atoms with Crippen molar-refractivity contribution >= 4 is 28.2 Å². The number of hydrogen-bond donors (Lipinski definition) is 0. The predicted molar refractivity (Wildman–Crippen MR) is 135 cm³/mol. The summed E-state index contributed by atoms with van der Waals surface area (Å²) in [5, 5.41) is 1.21. The molecule has 0 saturated carbocycles. The van der Waals surface area contributed by atoms with Crippen molar-refractivity contribution < 1.29 is 4.39 Å². The molecule has 0 atom stereocenters.